The fourth-order valence-electron chi connectivity index (χ4n) is 2.80. The highest BCUT2D eigenvalue weighted by Crippen LogP contribution is 2.19. The smallest absolute Gasteiger partial charge is 0.270 e. The maximum atomic E-state index is 12.3. The third-order valence-corrected chi connectivity index (χ3v) is 4.47. The molecule has 0 aromatic heterocycles. The largest absolute Gasteiger partial charge is 0.484 e. The van der Waals surface area contributed by atoms with Crippen molar-refractivity contribution in [2.45, 2.75) is 13.8 Å². The third-order valence-electron chi connectivity index (χ3n) is 4.47. The summed E-state index contributed by atoms with van der Waals surface area (Å²) < 4.78 is 5.50. The van der Waals surface area contributed by atoms with Crippen molar-refractivity contribution in [1.29, 1.82) is 0 Å². The minimum absolute atomic E-state index is 0.157. The first-order chi connectivity index (χ1) is 14.8. The summed E-state index contributed by atoms with van der Waals surface area (Å²) in [6, 6.07) is 17.8. The molecule has 2 N–H and O–H groups in total. The van der Waals surface area contributed by atoms with Crippen LogP contribution < -0.4 is 15.4 Å². The molecule has 158 valence electrons. The molecular formula is C23H21N3O5. The quantitative estimate of drug-likeness (QED) is 0.433. The van der Waals surface area contributed by atoms with E-state index in [1.807, 2.05) is 32.0 Å². The van der Waals surface area contributed by atoms with E-state index in [0.29, 0.717) is 11.4 Å². The molecule has 3 aromatic rings. The summed E-state index contributed by atoms with van der Waals surface area (Å²) in [6.45, 7) is 3.70. The van der Waals surface area contributed by atoms with Crippen LogP contribution in [0.25, 0.3) is 0 Å². The molecule has 2 amide bonds. The summed E-state index contributed by atoms with van der Waals surface area (Å²) >= 11 is 0. The molecule has 3 rings (SSSR count). The van der Waals surface area contributed by atoms with E-state index >= 15 is 0 Å². The van der Waals surface area contributed by atoms with E-state index in [4.69, 9.17) is 4.74 Å². The van der Waals surface area contributed by atoms with Gasteiger partial charge in [0.05, 0.1) is 4.92 Å². The highest BCUT2D eigenvalue weighted by Gasteiger charge is 2.12. The Kier molecular flexibility index (Phi) is 6.61. The summed E-state index contributed by atoms with van der Waals surface area (Å²) in [6.07, 6.45) is 0. The van der Waals surface area contributed by atoms with Crippen molar-refractivity contribution in [3.63, 3.8) is 0 Å². The van der Waals surface area contributed by atoms with Gasteiger partial charge in [0.15, 0.2) is 6.61 Å². The molecular weight excluding hydrogens is 398 g/mol. The number of aryl methyl sites for hydroxylation is 2. The molecule has 0 fully saturated rings. The SMILES string of the molecule is Cc1ccc(C)c(NC(=O)COc2ccc(NC(=O)c3cccc([N+](=O)[O-])c3)cc2)c1. The second kappa shape index (κ2) is 9.53. The third kappa shape index (κ3) is 5.89. The number of nitrogens with one attached hydrogen (secondary N) is 2. The van der Waals surface area contributed by atoms with Crippen LogP contribution in [0.4, 0.5) is 17.1 Å². The predicted octanol–water partition coefficient (Wildman–Crippen LogP) is 4.48. The van der Waals surface area contributed by atoms with E-state index in [2.05, 4.69) is 10.6 Å². The van der Waals surface area contributed by atoms with Crippen molar-refractivity contribution in [2.24, 2.45) is 0 Å². The van der Waals surface area contributed by atoms with Gasteiger partial charge in [-0.3, -0.25) is 19.7 Å². The Morgan fingerprint density at radius 2 is 1.71 bits per heavy atom. The van der Waals surface area contributed by atoms with Crippen molar-refractivity contribution in [3.8, 4) is 5.75 Å². The number of hydrogen-bond acceptors (Lipinski definition) is 5. The van der Waals surface area contributed by atoms with Crippen LogP contribution in [0, 0.1) is 24.0 Å². The highest BCUT2D eigenvalue weighted by atomic mass is 16.6. The van der Waals surface area contributed by atoms with Gasteiger partial charge in [0.2, 0.25) is 0 Å². The summed E-state index contributed by atoms with van der Waals surface area (Å²) in [4.78, 5) is 34.7. The number of rotatable bonds is 7. The minimum Gasteiger partial charge on any atom is -0.484 e. The molecule has 8 nitrogen and oxygen atoms in total. The Balaban J connectivity index is 1.54. The Bertz CT molecular complexity index is 1130. The predicted molar refractivity (Wildman–Crippen MR) is 118 cm³/mol. The number of ether oxygens (including phenoxy) is 1. The Morgan fingerprint density at radius 3 is 2.42 bits per heavy atom. The summed E-state index contributed by atoms with van der Waals surface area (Å²) in [5.74, 6) is -0.286. The number of hydrogen-bond donors (Lipinski definition) is 2. The average molecular weight is 419 g/mol. The van der Waals surface area contributed by atoms with Crippen LogP contribution in [0.15, 0.2) is 66.7 Å². The fourth-order valence-corrected chi connectivity index (χ4v) is 2.80. The number of carbonyl (C=O) groups excluding carboxylic acids is 2. The average Bonchev–Trinajstić information content (AvgIpc) is 2.76. The second-order valence-corrected chi connectivity index (χ2v) is 6.94. The van der Waals surface area contributed by atoms with Gasteiger partial charge in [-0.15, -0.1) is 0 Å². The van der Waals surface area contributed by atoms with Gasteiger partial charge in [-0.25, -0.2) is 0 Å². The van der Waals surface area contributed by atoms with E-state index < -0.39 is 10.8 Å². The van der Waals surface area contributed by atoms with Gasteiger partial charge >= 0.3 is 0 Å². The summed E-state index contributed by atoms with van der Waals surface area (Å²) in [5, 5.41) is 16.3. The number of nitro benzene ring substituents is 1. The molecule has 0 spiro atoms. The van der Waals surface area contributed by atoms with Gasteiger partial charge in [-0.05, 0) is 61.4 Å². The van der Waals surface area contributed by atoms with Gasteiger partial charge in [0.1, 0.15) is 5.75 Å². The lowest BCUT2D eigenvalue weighted by Gasteiger charge is -2.11. The first-order valence-corrected chi connectivity index (χ1v) is 9.47. The van der Waals surface area contributed by atoms with E-state index in [1.54, 1.807) is 24.3 Å². The molecule has 0 saturated heterocycles. The lowest BCUT2D eigenvalue weighted by Crippen LogP contribution is -2.20. The monoisotopic (exact) mass is 419 g/mol. The molecule has 0 unspecified atom stereocenters. The molecule has 31 heavy (non-hydrogen) atoms. The van der Waals surface area contributed by atoms with E-state index in [0.717, 1.165) is 16.8 Å². The molecule has 0 aliphatic heterocycles. The van der Waals surface area contributed by atoms with E-state index in [9.17, 15) is 19.7 Å². The Hall–Kier alpha value is -4.20. The van der Waals surface area contributed by atoms with Gasteiger partial charge < -0.3 is 15.4 Å². The summed E-state index contributed by atoms with van der Waals surface area (Å²) in [7, 11) is 0. The fraction of sp³-hybridized carbons (Fsp3) is 0.130. The topological polar surface area (TPSA) is 111 Å². The van der Waals surface area contributed by atoms with E-state index in [-0.39, 0.29) is 23.8 Å². The first kappa shape index (κ1) is 21.5. The standard InChI is InChI=1S/C23H21N3O5/c1-15-6-7-16(2)21(12-15)25-22(27)14-31-20-10-8-18(9-11-20)24-23(28)17-4-3-5-19(13-17)26(29)30/h3-13H,14H2,1-2H3,(H,24,28)(H,25,27). The van der Waals surface area contributed by atoms with E-state index in [1.165, 1.54) is 24.3 Å². The van der Waals surface area contributed by atoms with Gasteiger partial charge in [-0.1, -0.05) is 18.2 Å². The number of amides is 2. The van der Waals surface area contributed by atoms with Crippen LogP contribution in [0.1, 0.15) is 21.5 Å². The number of benzene rings is 3. The lowest BCUT2D eigenvalue weighted by atomic mass is 10.1. The van der Waals surface area contributed by atoms with Crippen molar-refractivity contribution >= 4 is 28.9 Å². The first-order valence-electron chi connectivity index (χ1n) is 9.47. The Labute approximate surface area is 179 Å². The molecule has 0 saturated carbocycles. The zero-order chi connectivity index (χ0) is 22.4. The van der Waals surface area contributed by atoms with Gasteiger partial charge in [0.25, 0.3) is 17.5 Å². The van der Waals surface area contributed by atoms with Crippen LogP contribution in [0.3, 0.4) is 0 Å². The van der Waals surface area contributed by atoms with Crippen LogP contribution >= 0.6 is 0 Å². The van der Waals surface area contributed by atoms with Crippen molar-refractivity contribution < 1.29 is 19.2 Å². The van der Waals surface area contributed by atoms with Crippen LogP contribution in [0.5, 0.6) is 5.75 Å². The molecule has 0 bridgehead atoms. The van der Waals surface area contributed by atoms with Crippen molar-refractivity contribution in [2.75, 3.05) is 17.2 Å². The molecule has 0 radical (unpaired) electrons. The molecule has 0 aliphatic rings. The van der Waals surface area contributed by atoms with Crippen molar-refractivity contribution in [3.05, 3.63) is 93.5 Å². The molecule has 8 heteroatoms. The maximum Gasteiger partial charge on any atom is 0.270 e. The number of anilines is 2. The summed E-state index contributed by atoms with van der Waals surface area (Å²) in [5.41, 5.74) is 3.26. The molecule has 0 heterocycles. The molecule has 3 aromatic carbocycles. The highest BCUT2D eigenvalue weighted by molar-refractivity contribution is 6.04. The molecule has 0 atom stereocenters. The maximum absolute atomic E-state index is 12.3. The zero-order valence-electron chi connectivity index (χ0n) is 17.0. The lowest BCUT2D eigenvalue weighted by molar-refractivity contribution is -0.384. The number of nitrogens with zero attached hydrogens (tertiary/aromatic N) is 1. The second-order valence-electron chi connectivity index (χ2n) is 6.94. The van der Waals surface area contributed by atoms with Crippen LogP contribution in [-0.4, -0.2) is 23.3 Å². The number of nitro groups is 1. The van der Waals surface area contributed by atoms with Gasteiger partial charge in [0, 0.05) is 29.1 Å². The van der Waals surface area contributed by atoms with Crippen LogP contribution in [-0.2, 0) is 4.79 Å². The zero-order valence-corrected chi connectivity index (χ0v) is 17.0. The Morgan fingerprint density at radius 1 is 0.968 bits per heavy atom. The normalized spacial score (nSPS) is 10.3. The minimum atomic E-state index is -0.556. The van der Waals surface area contributed by atoms with Gasteiger partial charge in [-0.2, -0.15) is 0 Å². The van der Waals surface area contributed by atoms with Crippen molar-refractivity contribution in [1.82, 2.24) is 0 Å². The number of carbonyl (C=O) groups is 2. The van der Waals surface area contributed by atoms with Crippen LogP contribution in [0.2, 0.25) is 0 Å². The molecule has 0 aliphatic carbocycles. The number of non-ortho nitro benzene ring substituents is 1.